The van der Waals surface area contributed by atoms with Gasteiger partial charge in [0.25, 0.3) is 0 Å². The fourth-order valence-corrected chi connectivity index (χ4v) is 3.28. The summed E-state index contributed by atoms with van der Waals surface area (Å²) in [5.74, 6) is 1.07. The van der Waals surface area contributed by atoms with E-state index in [0.29, 0.717) is 5.41 Å². The zero-order valence-electron chi connectivity index (χ0n) is 9.10. The number of piperidine rings is 1. The summed E-state index contributed by atoms with van der Waals surface area (Å²) in [5.41, 5.74) is 0.674. The first-order chi connectivity index (χ1) is 6.86. The van der Waals surface area contributed by atoms with Crippen LogP contribution in [0.3, 0.4) is 0 Å². The molecule has 2 aliphatic heterocycles. The summed E-state index contributed by atoms with van der Waals surface area (Å²) < 4.78 is 0. The maximum atomic E-state index is 3.55. The van der Waals surface area contributed by atoms with Gasteiger partial charge in [-0.05, 0) is 56.5 Å². The molecule has 0 aromatic carbocycles. The van der Waals surface area contributed by atoms with Gasteiger partial charge in [-0.2, -0.15) is 0 Å². The van der Waals surface area contributed by atoms with Crippen molar-refractivity contribution in [1.29, 1.82) is 0 Å². The summed E-state index contributed by atoms with van der Waals surface area (Å²) in [5, 5.41) is 3.55. The molecule has 2 heteroatoms. The lowest BCUT2D eigenvalue weighted by Crippen LogP contribution is -2.45. The normalized spacial score (nSPS) is 39.4. The second-order valence-corrected chi connectivity index (χ2v) is 5.71. The Morgan fingerprint density at radius 3 is 2.93 bits per heavy atom. The molecule has 1 spiro atoms. The standard InChI is InChI=1S/C12H22N2/c1-4-12(5-6-13-9-12)10-14(7-1)8-11-2-3-11/h11,13H,1-10H2/t12-/m1/s1. The highest BCUT2D eigenvalue weighted by Gasteiger charge is 2.38. The maximum Gasteiger partial charge on any atom is 0.00507 e. The van der Waals surface area contributed by atoms with Crippen LogP contribution in [-0.2, 0) is 0 Å². The molecule has 1 N–H and O–H groups in total. The molecule has 0 amide bonds. The summed E-state index contributed by atoms with van der Waals surface area (Å²) >= 11 is 0. The van der Waals surface area contributed by atoms with Crippen LogP contribution in [-0.4, -0.2) is 37.6 Å². The van der Waals surface area contributed by atoms with Crippen molar-refractivity contribution in [3.8, 4) is 0 Å². The Kier molecular flexibility index (Phi) is 2.29. The molecule has 3 fully saturated rings. The van der Waals surface area contributed by atoms with Crippen LogP contribution in [0.4, 0.5) is 0 Å². The Balaban J connectivity index is 1.59. The van der Waals surface area contributed by atoms with E-state index in [2.05, 4.69) is 10.2 Å². The first-order valence-corrected chi connectivity index (χ1v) is 6.29. The van der Waals surface area contributed by atoms with Crippen molar-refractivity contribution in [3.05, 3.63) is 0 Å². The van der Waals surface area contributed by atoms with Crippen LogP contribution >= 0.6 is 0 Å². The van der Waals surface area contributed by atoms with E-state index in [-0.39, 0.29) is 0 Å². The van der Waals surface area contributed by atoms with Gasteiger partial charge in [-0.1, -0.05) is 0 Å². The molecule has 0 radical (unpaired) electrons. The molecule has 1 saturated carbocycles. The van der Waals surface area contributed by atoms with E-state index in [0.717, 1.165) is 5.92 Å². The van der Waals surface area contributed by atoms with E-state index in [1.54, 1.807) is 0 Å². The zero-order valence-corrected chi connectivity index (χ0v) is 9.10. The predicted octanol–water partition coefficient (Wildman–Crippen LogP) is 1.47. The van der Waals surface area contributed by atoms with Crippen molar-refractivity contribution in [2.24, 2.45) is 11.3 Å². The first-order valence-electron chi connectivity index (χ1n) is 6.29. The Bertz CT molecular complexity index is 204. The van der Waals surface area contributed by atoms with Gasteiger partial charge in [0.15, 0.2) is 0 Å². The van der Waals surface area contributed by atoms with Gasteiger partial charge >= 0.3 is 0 Å². The smallest absolute Gasteiger partial charge is 0.00507 e. The van der Waals surface area contributed by atoms with Crippen LogP contribution < -0.4 is 5.32 Å². The molecule has 2 nitrogen and oxygen atoms in total. The number of hydrogen-bond donors (Lipinski definition) is 1. The molecule has 0 unspecified atom stereocenters. The molecule has 80 valence electrons. The first kappa shape index (κ1) is 9.17. The Hall–Kier alpha value is -0.0800. The van der Waals surface area contributed by atoms with Crippen LogP contribution in [0, 0.1) is 11.3 Å². The summed E-state index contributed by atoms with van der Waals surface area (Å²) in [4.78, 5) is 2.74. The number of rotatable bonds is 2. The van der Waals surface area contributed by atoms with Crippen molar-refractivity contribution >= 4 is 0 Å². The molecule has 2 heterocycles. The molecular formula is C12H22N2. The lowest BCUT2D eigenvalue weighted by molar-refractivity contribution is 0.0997. The highest BCUT2D eigenvalue weighted by molar-refractivity contribution is 4.94. The molecule has 0 aromatic rings. The van der Waals surface area contributed by atoms with E-state index in [1.165, 1.54) is 64.8 Å². The lowest BCUT2D eigenvalue weighted by Gasteiger charge is -2.40. The number of likely N-dealkylation sites (tertiary alicyclic amines) is 1. The van der Waals surface area contributed by atoms with Crippen molar-refractivity contribution in [3.63, 3.8) is 0 Å². The zero-order chi connectivity index (χ0) is 9.43. The van der Waals surface area contributed by atoms with Crippen molar-refractivity contribution in [2.45, 2.75) is 32.1 Å². The quantitative estimate of drug-likeness (QED) is 0.716. The number of hydrogen-bond acceptors (Lipinski definition) is 2. The minimum Gasteiger partial charge on any atom is -0.316 e. The average molecular weight is 194 g/mol. The Morgan fingerprint density at radius 2 is 2.21 bits per heavy atom. The van der Waals surface area contributed by atoms with Crippen LogP contribution in [0.5, 0.6) is 0 Å². The fraction of sp³-hybridized carbons (Fsp3) is 1.00. The van der Waals surface area contributed by atoms with Crippen LogP contribution in [0.15, 0.2) is 0 Å². The summed E-state index contributed by atoms with van der Waals surface area (Å²) in [6.07, 6.45) is 7.34. The highest BCUT2D eigenvalue weighted by Crippen LogP contribution is 2.37. The summed E-state index contributed by atoms with van der Waals surface area (Å²) in [7, 11) is 0. The molecule has 1 atom stereocenters. The van der Waals surface area contributed by atoms with E-state index >= 15 is 0 Å². The average Bonchev–Trinajstić information content (AvgIpc) is 2.88. The van der Waals surface area contributed by atoms with Crippen LogP contribution in [0.1, 0.15) is 32.1 Å². The van der Waals surface area contributed by atoms with E-state index in [1.807, 2.05) is 0 Å². The monoisotopic (exact) mass is 194 g/mol. The molecule has 3 aliphatic rings. The molecule has 3 rings (SSSR count). The van der Waals surface area contributed by atoms with Crippen molar-refractivity contribution < 1.29 is 0 Å². The third-order valence-corrected chi connectivity index (χ3v) is 4.29. The summed E-state index contributed by atoms with van der Waals surface area (Å²) in [6.45, 7) is 6.71. The van der Waals surface area contributed by atoms with Crippen molar-refractivity contribution in [1.82, 2.24) is 10.2 Å². The summed E-state index contributed by atoms with van der Waals surface area (Å²) in [6, 6.07) is 0. The number of nitrogens with zero attached hydrogens (tertiary/aromatic N) is 1. The molecule has 2 saturated heterocycles. The SMILES string of the molecule is C1CN(CC2CC2)C[C@]2(C1)CCNC2. The lowest BCUT2D eigenvalue weighted by atomic mass is 9.79. The third-order valence-electron chi connectivity index (χ3n) is 4.29. The van der Waals surface area contributed by atoms with Crippen LogP contribution in [0.25, 0.3) is 0 Å². The van der Waals surface area contributed by atoms with Crippen molar-refractivity contribution in [2.75, 3.05) is 32.7 Å². The molecular weight excluding hydrogens is 172 g/mol. The number of nitrogens with one attached hydrogen (secondary N) is 1. The fourth-order valence-electron chi connectivity index (χ4n) is 3.28. The van der Waals surface area contributed by atoms with Gasteiger partial charge in [-0.25, -0.2) is 0 Å². The maximum absolute atomic E-state index is 3.55. The largest absolute Gasteiger partial charge is 0.316 e. The Morgan fingerprint density at radius 1 is 1.29 bits per heavy atom. The molecule has 0 aromatic heterocycles. The predicted molar refractivity (Wildman–Crippen MR) is 58.3 cm³/mol. The van der Waals surface area contributed by atoms with Gasteiger partial charge < -0.3 is 10.2 Å². The van der Waals surface area contributed by atoms with E-state index in [9.17, 15) is 0 Å². The van der Waals surface area contributed by atoms with Crippen LogP contribution in [0.2, 0.25) is 0 Å². The van der Waals surface area contributed by atoms with E-state index in [4.69, 9.17) is 0 Å². The molecule has 14 heavy (non-hydrogen) atoms. The molecule has 0 bridgehead atoms. The van der Waals surface area contributed by atoms with Gasteiger partial charge in [-0.15, -0.1) is 0 Å². The van der Waals surface area contributed by atoms with Gasteiger partial charge in [0.1, 0.15) is 0 Å². The minimum atomic E-state index is 0.674. The second kappa shape index (κ2) is 3.49. The van der Waals surface area contributed by atoms with Gasteiger partial charge in [0, 0.05) is 19.6 Å². The molecule has 1 aliphatic carbocycles. The van der Waals surface area contributed by atoms with E-state index < -0.39 is 0 Å². The Labute approximate surface area is 87.0 Å². The second-order valence-electron chi connectivity index (χ2n) is 5.71. The third kappa shape index (κ3) is 1.82. The topological polar surface area (TPSA) is 15.3 Å². The van der Waals surface area contributed by atoms with Gasteiger partial charge in [0.05, 0.1) is 0 Å². The highest BCUT2D eigenvalue weighted by atomic mass is 15.2. The minimum absolute atomic E-state index is 0.674. The van der Waals surface area contributed by atoms with Gasteiger partial charge in [0.2, 0.25) is 0 Å². The van der Waals surface area contributed by atoms with Gasteiger partial charge in [-0.3, -0.25) is 0 Å².